The van der Waals surface area contributed by atoms with Crippen LogP contribution in [0.4, 0.5) is 5.95 Å². The summed E-state index contributed by atoms with van der Waals surface area (Å²) in [7, 11) is 1.72. The van der Waals surface area contributed by atoms with Crippen molar-refractivity contribution < 1.29 is 4.74 Å². The molecule has 4 saturated heterocycles. The first-order chi connectivity index (χ1) is 12.3. The molecule has 4 fully saturated rings. The monoisotopic (exact) mass is 336 g/mol. The minimum atomic E-state index is 0.503. The smallest absolute Gasteiger partial charge is 0.225 e. The van der Waals surface area contributed by atoms with Crippen molar-refractivity contribution in [2.75, 3.05) is 31.6 Å². The highest BCUT2D eigenvalue weighted by Crippen LogP contribution is 2.47. The average Bonchev–Trinajstić information content (AvgIpc) is 3.12. The highest BCUT2D eigenvalue weighted by Gasteiger charge is 2.53. The minimum Gasteiger partial charge on any atom is -0.497 e. The SMILES string of the molecule is COc1ccc([C@@H]2CN(c3ncccn3)[C@@H]3C4CCN(CC4)[C@@H]32)cc1. The van der Waals surface area contributed by atoms with Gasteiger partial charge in [-0.2, -0.15) is 0 Å². The summed E-state index contributed by atoms with van der Waals surface area (Å²) < 4.78 is 5.34. The molecule has 4 aliphatic heterocycles. The van der Waals surface area contributed by atoms with E-state index in [9.17, 15) is 0 Å². The van der Waals surface area contributed by atoms with E-state index in [1.54, 1.807) is 7.11 Å². The van der Waals surface area contributed by atoms with Crippen molar-refractivity contribution >= 4 is 5.95 Å². The molecule has 5 nitrogen and oxygen atoms in total. The molecule has 6 rings (SSSR count). The molecule has 1 aromatic carbocycles. The second kappa shape index (κ2) is 5.99. The third-order valence-electron chi connectivity index (χ3n) is 6.35. The van der Waals surface area contributed by atoms with Crippen LogP contribution in [-0.2, 0) is 0 Å². The van der Waals surface area contributed by atoms with E-state index < -0.39 is 0 Å². The van der Waals surface area contributed by atoms with Crippen molar-refractivity contribution in [1.29, 1.82) is 0 Å². The van der Waals surface area contributed by atoms with Gasteiger partial charge in [-0.05, 0) is 55.6 Å². The van der Waals surface area contributed by atoms with E-state index in [4.69, 9.17) is 4.74 Å². The number of anilines is 1. The molecule has 2 aromatic rings. The summed E-state index contributed by atoms with van der Waals surface area (Å²) in [6.07, 6.45) is 6.33. The normalized spacial score (nSPS) is 33.3. The Morgan fingerprint density at radius 2 is 1.72 bits per heavy atom. The zero-order chi connectivity index (χ0) is 16.8. The third-order valence-corrected chi connectivity index (χ3v) is 6.35. The van der Waals surface area contributed by atoms with E-state index in [2.05, 4.69) is 44.0 Å². The highest BCUT2D eigenvalue weighted by atomic mass is 16.5. The molecular weight excluding hydrogens is 312 g/mol. The van der Waals surface area contributed by atoms with Crippen molar-refractivity contribution in [1.82, 2.24) is 14.9 Å². The van der Waals surface area contributed by atoms with E-state index in [1.165, 1.54) is 31.5 Å². The van der Waals surface area contributed by atoms with Crippen LogP contribution in [0.2, 0.25) is 0 Å². The second-order valence-electron chi connectivity index (χ2n) is 7.44. The molecule has 0 amide bonds. The average molecular weight is 336 g/mol. The van der Waals surface area contributed by atoms with Gasteiger partial charge in [0.15, 0.2) is 0 Å². The molecule has 0 aliphatic carbocycles. The summed E-state index contributed by atoms with van der Waals surface area (Å²) in [6.45, 7) is 3.47. The van der Waals surface area contributed by atoms with Crippen LogP contribution in [-0.4, -0.2) is 53.7 Å². The number of ether oxygens (including phenoxy) is 1. The van der Waals surface area contributed by atoms with Gasteiger partial charge in [0.25, 0.3) is 0 Å². The Morgan fingerprint density at radius 3 is 2.40 bits per heavy atom. The van der Waals surface area contributed by atoms with Gasteiger partial charge in [-0.3, -0.25) is 4.90 Å². The molecule has 2 bridgehead atoms. The predicted molar refractivity (Wildman–Crippen MR) is 97.0 cm³/mol. The first-order valence-electron chi connectivity index (χ1n) is 9.27. The Hall–Kier alpha value is -2.14. The van der Waals surface area contributed by atoms with Crippen LogP contribution in [0.25, 0.3) is 0 Å². The molecule has 0 N–H and O–H groups in total. The largest absolute Gasteiger partial charge is 0.497 e. The number of piperidine rings is 3. The molecule has 0 spiro atoms. The van der Waals surface area contributed by atoms with Gasteiger partial charge >= 0.3 is 0 Å². The Morgan fingerprint density at radius 1 is 1.00 bits per heavy atom. The van der Waals surface area contributed by atoms with Crippen LogP contribution >= 0.6 is 0 Å². The first kappa shape index (κ1) is 15.1. The molecule has 3 atom stereocenters. The summed E-state index contributed by atoms with van der Waals surface area (Å²) in [5.41, 5.74) is 1.40. The summed E-state index contributed by atoms with van der Waals surface area (Å²) in [5.74, 6) is 3.08. The standard InChI is InChI=1S/C20H24N4O/c1-25-16-5-3-14(4-6-16)17-13-24(20-21-9-2-10-22-20)18-15-7-11-23(12-8-15)19(17)18/h2-6,9-10,15,17-19H,7-8,11-13H2,1H3/t17-,18+,19+/m0/s1. The van der Waals surface area contributed by atoms with Gasteiger partial charge in [0.2, 0.25) is 5.95 Å². The van der Waals surface area contributed by atoms with Gasteiger partial charge in [-0.15, -0.1) is 0 Å². The van der Waals surface area contributed by atoms with Crippen molar-refractivity contribution in [2.45, 2.75) is 30.8 Å². The third kappa shape index (κ3) is 2.41. The predicted octanol–water partition coefficient (Wildman–Crippen LogP) is 2.55. The second-order valence-corrected chi connectivity index (χ2v) is 7.44. The van der Waals surface area contributed by atoms with Gasteiger partial charge in [0, 0.05) is 30.9 Å². The Kier molecular flexibility index (Phi) is 3.63. The summed E-state index contributed by atoms with van der Waals surface area (Å²) >= 11 is 0. The topological polar surface area (TPSA) is 41.5 Å². The zero-order valence-corrected chi connectivity index (χ0v) is 14.6. The Labute approximate surface area is 148 Å². The molecule has 5 heterocycles. The fourth-order valence-electron chi connectivity index (χ4n) is 5.24. The van der Waals surface area contributed by atoms with Gasteiger partial charge < -0.3 is 9.64 Å². The quantitative estimate of drug-likeness (QED) is 0.862. The lowest BCUT2D eigenvalue weighted by molar-refractivity contribution is 0.0353. The lowest BCUT2D eigenvalue weighted by Crippen LogP contribution is -2.60. The van der Waals surface area contributed by atoms with Crippen molar-refractivity contribution in [3.05, 3.63) is 48.3 Å². The van der Waals surface area contributed by atoms with Crippen LogP contribution in [0.5, 0.6) is 5.75 Å². The summed E-state index contributed by atoms with van der Waals surface area (Å²) in [5, 5.41) is 0. The fraction of sp³-hybridized carbons (Fsp3) is 0.500. The molecule has 0 radical (unpaired) electrons. The minimum absolute atomic E-state index is 0.503. The molecule has 25 heavy (non-hydrogen) atoms. The first-order valence-corrected chi connectivity index (χ1v) is 9.27. The lowest BCUT2D eigenvalue weighted by atomic mass is 9.75. The van der Waals surface area contributed by atoms with E-state index in [0.29, 0.717) is 18.0 Å². The van der Waals surface area contributed by atoms with Crippen LogP contribution in [0.3, 0.4) is 0 Å². The van der Waals surface area contributed by atoms with E-state index in [1.807, 2.05) is 18.5 Å². The number of fused-ring (bicyclic) bond motifs is 2. The number of benzene rings is 1. The maximum atomic E-state index is 5.34. The van der Waals surface area contributed by atoms with Crippen LogP contribution in [0, 0.1) is 5.92 Å². The van der Waals surface area contributed by atoms with E-state index in [0.717, 1.165) is 24.2 Å². The van der Waals surface area contributed by atoms with Gasteiger partial charge in [0.05, 0.1) is 13.2 Å². The number of rotatable bonds is 3. The Bertz CT molecular complexity index is 727. The number of hydrogen-bond acceptors (Lipinski definition) is 5. The summed E-state index contributed by atoms with van der Waals surface area (Å²) in [6, 6.07) is 11.7. The molecular formula is C20H24N4O. The maximum absolute atomic E-state index is 5.34. The van der Waals surface area contributed by atoms with Gasteiger partial charge in [-0.25, -0.2) is 9.97 Å². The van der Waals surface area contributed by atoms with E-state index >= 15 is 0 Å². The molecule has 1 aromatic heterocycles. The highest BCUT2D eigenvalue weighted by molar-refractivity contribution is 5.43. The van der Waals surface area contributed by atoms with Gasteiger partial charge in [-0.1, -0.05) is 12.1 Å². The fourth-order valence-corrected chi connectivity index (χ4v) is 5.24. The molecule has 5 heteroatoms. The molecule has 130 valence electrons. The van der Waals surface area contributed by atoms with Gasteiger partial charge in [0.1, 0.15) is 5.75 Å². The lowest BCUT2D eigenvalue weighted by Gasteiger charge is -2.51. The van der Waals surface area contributed by atoms with Crippen LogP contribution in [0.15, 0.2) is 42.7 Å². The van der Waals surface area contributed by atoms with E-state index in [-0.39, 0.29) is 0 Å². The van der Waals surface area contributed by atoms with Crippen molar-refractivity contribution in [3.63, 3.8) is 0 Å². The molecule has 4 aliphatic rings. The maximum Gasteiger partial charge on any atom is 0.225 e. The number of methoxy groups -OCH3 is 1. The van der Waals surface area contributed by atoms with Crippen molar-refractivity contribution in [2.24, 2.45) is 5.92 Å². The van der Waals surface area contributed by atoms with Crippen LogP contribution < -0.4 is 9.64 Å². The number of aromatic nitrogens is 2. The number of nitrogens with zero attached hydrogens (tertiary/aromatic N) is 4. The van der Waals surface area contributed by atoms with Crippen molar-refractivity contribution in [3.8, 4) is 5.75 Å². The summed E-state index contributed by atoms with van der Waals surface area (Å²) in [4.78, 5) is 14.3. The molecule has 0 unspecified atom stereocenters. The molecule has 0 saturated carbocycles. The number of hydrogen-bond donors (Lipinski definition) is 0. The van der Waals surface area contributed by atoms with Crippen LogP contribution in [0.1, 0.15) is 24.3 Å². The zero-order valence-electron chi connectivity index (χ0n) is 14.6. The Balaban J connectivity index is 1.53.